The van der Waals surface area contributed by atoms with Gasteiger partial charge in [0, 0.05) is 5.75 Å². The third kappa shape index (κ3) is 4.56. The molecule has 0 aliphatic rings. The number of rotatable bonds is 7. The van der Waals surface area contributed by atoms with Crippen molar-refractivity contribution < 1.29 is 14.8 Å². The minimum absolute atomic E-state index is 0.562. The van der Waals surface area contributed by atoms with Gasteiger partial charge < -0.3 is 14.8 Å². The Morgan fingerprint density at radius 3 is 2.67 bits per heavy atom. The van der Waals surface area contributed by atoms with Gasteiger partial charge in [-0.15, -0.1) is 0 Å². The normalized spacial score (nSPS) is 12.3. The second-order valence-electron chi connectivity index (χ2n) is 4.47. The number of hydrogen-bond acceptors (Lipinski definition) is 4. The van der Waals surface area contributed by atoms with Crippen molar-refractivity contribution in [1.82, 2.24) is 0 Å². The molecule has 0 bridgehead atoms. The van der Waals surface area contributed by atoms with Gasteiger partial charge in [0.05, 0.1) is 7.11 Å². The number of methoxy groups -OCH3 is 1. The number of benzene rings is 1. The van der Waals surface area contributed by atoms with E-state index in [1.807, 2.05) is 17.8 Å². The Morgan fingerprint density at radius 1 is 1.39 bits per heavy atom. The molecule has 5 heteroatoms. The Kier molecular flexibility index (Phi) is 6.61. The van der Waals surface area contributed by atoms with Crippen molar-refractivity contribution in [2.75, 3.05) is 12.9 Å². The summed E-state index contributed by atoms with van der Waals surface area (Å²) in [5.74, 6) is 3.28. The molecule has 1 unspecified atom stereocenters. The van der Waals surface area contributed by atoms with Crippen molar-refractivity contribution in [1.29, 1.82) is 0 Å². The summed E-state index contributed by atoms with van der Waals surface area (Å²) in [7, 11) is 0.190. The third-order valence-corrected chi connectivity index (χ3v) is 4.31. The molecule has 1 rings (SSSR count). The molecule has 18 heavy (non-hydrogen) atoms. The molecule has 3 nitrogen and oxygen atoms in total. The fourth-order valence-electron chi connectivity index (χ4n) is 1.57. The molecule has 1 aromatic carbocycles. The van der Waals surface area contributed by atoms with Gasteiger partial charge in [-0.25, -0.2) is 0 Å². The van der Waals surface area contributed by atoms with Gasteiger partial charge in [-0.05, 0) is 34.8 Å². The molecule has 0 amide bonds. The van der Waals surface area contributed by atoms with Crippen molar-refractivity contribution >= 4 is 24.3 Å². The van der Waals surface area contributed by atoms with E-state index in [0.717, 1.165) is 22.8 Å². The first-order valence-electron chi connectivity index (χ1n) is 6.19. The van der Waals surface area contributed by atoms with Crippen molar-refractivity contribution in [2.45, 2.75) is 26.0 Å². The highest BCUT2D eigenvalue weighted by Crippen LogP contribution is 2.19. The van der Waals surface area contributed by atoms with Crippen LogP contribution in [0.4, 0.5) is 0 Å². The smallest absolute Gasteiger partial charge is 0.488 e. The Labute approximate surface area is 114 Å². The average molecular weight is 268 g/mol. The fourth-order valence-corrected chi connectivity index (χ4v) is 2.80. The molecular weight excluding hydrogens is 247 g/mol. The summed E-state index contributed by atoms with van der Waals surface area (Å²) in [6, 6.07) is 5.33. The summed E-state index contributed by atoms with van der Waals surface area (Å²) in [5, 5.41) is 18.7. The molecule has 100 valence electrons. The van der Waals surface area contributed by atoms with Crippen LogP contribution in [0.1, 0.15) is 25.8 Å². The number of ether oxygens (including phenoxy) is 1. The van der Waals surface area contributed by atoms with Crippen LogP contribution in [-0.4, -0.2) is 30.0 Å². The fraction of sp³-hybridized carbons (Fsp3) is 0.538. The molecule has 0 saturated carbocycles. The maximum absolute atomic E-state index is 9.33. The summed E-state index contributed by atoms with van der Waals surface area (Å²) in [6.07, 6.45) is 1.17. The Morgan fingerprint density at radius 2 is 2.11 bits per heavy atom. The van der Waals surface area contributed by atoms with E-state index in [2.05, 4.69) is 13.8 Å². The van der Waals surface area contributed by atoms with Crippen LogP contribution in [0.25, 0.3) is 0 Å². The molecule has 1 aromatic rings. The summed E-state index contributed by atoms with van der Waals surface area (Å²) in [4.78, 5) is 0. The molecule has 1 atom stereocenters. The largest absolute Gasteiger partial charge is 0.497 e. The van der Waals surface area contributed by atoms with Crippen LogP contribution >= 0.6 is 11.8 Å². The van der Waals surface area contributed by atoms with Crippen LogP contribution in [-0.2, 0) is 5.75 Å². The highest BCUT2D eigenvalue weighted by molar-refractivity contribution is 7.98. The molecule has 0 aliphatic carbocycles. The number of thioether (sulfide) groups is 1. The van der Waals surface area contributed by atoms with Crippen molar-refractivity contribution in [3.8, 4) is 5.75 Å². The summed E-state index contributed by atoms with van der Waals surface area (Å²) < 4.78 is 5.17. The predicted molar refractivity (Wildman–Crippen MR) is 78.4 cm³/mol. The second kappa shape index (κ2) is 7.72. The Hall–Kier alpha value is -0.645. The second-order valence-corrected chi connectivity index (χ2v) is 5.50. The summed E-state index contributed by atoms with van der Waals surface area (Å²) in [6.45, 7) is 4.40. The van der Waals surface area contributed by atoms with Gasteiger partial charge in [-0.2, -0.15) is 11.8 Å². The predicted octanol–water partition coefficient (Wildman–Crippen LogP) is 1.65. The van der Waals surface area contributed by atoms with E-state index in [9.17, 15) is 10.0 Å². The van der Waals surface area contributed by atoms with E-state index < -0.39 is 7.12 Å². The molecule has 2 N–H and O–H groups in total. The number of hydrogen-bond donors (Lipinski definition) is 2. The summed E-state index contributed by atoms with van der Waals surface area (Å²) in [5.41, 5.74) is 1.49. The molecular formula is C13H21BO3S. The van der Waals surface area contributed by atoms with Crippen LogP contribution in [0, 0.1) is 5.92 Å². The quantitative estimate of drug-likeness (QED) is 0.738. The zero-order valence-electron chi connectivity index (χ0n) is 11.2. The Bertz CT molecular complexity index is 371. The van der Waals surface area contributed by atoms with Crippen LogP contribution < -0.4 is 10.2 Å². The monoisotopic (exact) mass is 268 g/mol. The van der Waals surface area contributed by atoms with Crippen LogP contribution in [0.3, 0.4) is 0 Å². The van der Waals surface area contributed by atoms with Crippen LogP contribution in [0.2, 0.25) is 0 Å². The Balaban J connectivity index is 2.71. The third-order valence-electron chi connectivity index (χ3n) is 2.99. The molecule has 0 saturated heterocycles. The van der Waals surface area contributed by atoms with Gasteiger partial charge in [0.1, 0.15) is 5.75 Å². The lowest BCUT2D eigenvalue weighted by atomic mass is 9.77. The van der Waals surface area contributed by atoms with Gasteiger partial charge in [-0.1, -0.05) is 26.3 Å². The molecule has 0 spiro atoms. The topological polar surface area (TPSA) is 49.7 Å². The first-order valence-corrected chi connectivity index (χ1v) is 7.34. The van der Waals surface area contributed by atoms with Crippen LogP contribution in [0.15, 0.2) is 18.2 Å². The first-order chi connectivity index (χ1) is 8.58. The van der Waals surface area contributed by atoms with E-state index in [0.29, 0.717) is 11.4 Å². The molecule has 0 fully saturated rings. The van der Waals surface area contributed by atoms with Crippen LogP contribution in [0.5, 0.6) is 5.75 Å². The van der Waals surface area contributed by atoms with Crippen molar-refractivity contribution in [3.63, 3.8) is 0 Å². The molecule has 0 radical (unpaired) electrons. The standard InChI is InChI=1S/C13H21BO3S/c1-4-10(2)8-18-9-11-7-12(17-3)5-6-13(11)14(15)16/h5-7,10,15-16H,4,8-9H2,1-3H3. The lowest BCUT2D eigenvalue weighted by Crippen LogP contribution is -2.32. The highest BCUT2D eigenvalue weighted by Gasteiger charge is 2.16. The SMILES string of the molecule is CCC(C)CSCc1cc(OC)ccc1B(O)O. The molecule has 0 heterocycles. The van der Waals surface area contributed by atoms with Gasteiger partial charge in [0.15, 0.2) is 0 Å². The van der Waals surface area contributed by atoms with Gasteiger partial charge in [-0.3, -0.25) is 0 Å². The summed E-state index contributed by atoms with van der Waals surface area (Å²) >= 11 is 1.81. The van der Waals surface area contributed by atoms with E-state index >= 15 is 0 Å². The first kappa shape index (κ1) is 15.4. The zero-order chi connectivity index (χ0) is 13.5. The average Bonchev–Trinajstić information content (AvgIpc) is 2.37. The van der Waals surface area contributed by atoms with Gasteiger partial charge >= 0.3 is 7.12 Å². The highest BCUT2D eigenvalue weighted by atomic mass is 32.2. The van der Waals surface area contributed by atoms with Gasteiger partial charge in [0.2, 0.25) is 0 Å². The van der Waals surface area contributed by atoms with Crippen molar-refractivity contribution in [3.05, 3.63) is 23.8 Å². The van der Waals surface area contributed by atoms with E-state index in [1.165, 1.54) is 6.42 Å². The van der Waals surface area contributed by atoms with Gasteiger partial charge in [0.25, 0.3) is 0 Å². The zero-order valence-corrected chi connectivity index (χ0v) is 12.0. The maximum atomic E-state index is 9.33. The van der Waals surface area contributed by atoms with Crippen molar-refractivity contribution in [2.24, 2.45) is 5.92 Å². The maximum Gasteiger partial charge on any atom is 0.488 e. The van der Waals surface area contributed by atoms with E-state index in [-0.39, 0.29) is 0 Å². The lowest BCUT2D eigenvalue weighted by molar-refractivity contribution is 0.413. The molecule has 0 aromatic heterocycles. The van der Waals surface area contributed by atoms with E-state index in [4.69, 9.17) is 4.74 Å². The molecule has 0 aliphatic heterocycles. The minimum atomic E-state index is -1.42. The van der Waals surface area contributed by atoms with E-state index in [1.54, 1.807) is 19.2 Å². The lowest BCUT2D eigenvalue weighted by Gasteiger charge is -2.12. The minimum Gasteiger partial charge on any atom is -0.497 e.